The van der Waals surface area contributed by atoms with Gasteiger partial charge in [0.25, 0.3) is 0 Å². The number of rotatable bonds is 2. The van der Waals surface area contributed by atoms with Crippen LogP contribution in [-0.2, 0) is 0 Å². The summed E-state index contributed by atoms with van der Waals surface area (Å²) in [4.78, 5) is 1.39. The molecule has 1 aromatic heterocycles. The van der Waals surface area contributed by atoms with Crippen molar-refractivity contribution in [2.24, 2.45) is 5.92 Å². The first-order chi connectivity index (χ1) is 5.20. The Balaban J connectivity index is 2.77. The molecule has 0 N–H and O–H groups in total. The second kappa shape index (κ2) is 3.72. The van der Waals surface area contributed by atoms with Gasteiger partial charge in [-0.3, -0.25) is 0 Å². The normalized spacial score (nSPS) is 12.5. The van der Waals surface area contributed by atoms with E-state index in [4.69, 9.17) is 0 Å². The fraction of sp³-hybridized carbons (Fsp3) is 0.400. The number of hydrogen-bond acceptors (Lipinski definition) is 1. The first-order valence-corrected chi connectivity index (χ1v) is 4.80. The lowest BCUT2D eigenvalue weighted by atomic mass is 10.1. The molecule has 1 heteroatoms. The maximum atomic E-state index is 2.30. The van der Waals surface area contributed by atoms with Crippen molar-refractivity contribution in [2.45, 2.75) is 20.8 Å². The van der Waals surface area contributed by atoms with Gasteiger partial charge in [0.2, 0.25) is 0 Å². The van der Waals surface area contributed by atoms with Crippen molar-refractivity contribution in [1.82, 2.24) is 0 Å². The van der Waals surface area contributed by atoms with Crippen LogP contribution in [0.15, 0.2) is 23.6 Å². The minimum absolute atomic E-state index is 0.650. The molecule has 0 saturated heterocycles. The molecule has 0 aromatic carbocycles. The quantitative estimate of drug-likeness (QED) is 0.626. The SMILES string of the molecule is C/C(=C\C(C)C)c1cccs1. The van der Waals surface area contributed by atoms with Crippen molar-refractivity contribution in [3.8, 4) is 0 Å². The summed E-state index contributed by atoms with van der Waals surface area (Å²) in [6, 6.07) is 4.26. The molecule has 1 aromatic rings. The highest BCUT2D eigenvalue weighted by molar-refractivity contribution is 7.11. The molecule has 0 atom stereocenters. The van der Waals surface area contributed by atoms with Gasteiger partial charge < -0.3 is 0 Å². The molecule has 1 heterocycles. The largest absolute Gasteiger partial charge is 0.144 e. The van der Waals surface area contributed by atoms with Crippen molar-refractivity contribution in [3.05, 3.63) is 28.5 Å². The van der Waals surface area contributed by atoms with E-state index in [0.717, 1.165) is 0 Å². The summed E-state index contributed by atoms with van der Waals surface area (Å²) in [6.07, 6.45) is 2.30. The van der Waals surface area contributed by atoms with Crippen LogP contribution in [0.1, 0.15) is 25.6 Å². The highest BCUT2D eigenvalue weighted by Crippen LogP contribution is 2.20. The lowest BCUT2D eigenvalue weighted by molar-refractivity contribution is 0.833. The van der Waals surface area contributed by atoms with Crippen LogP contribution < -0.4 is 0 Å². The molecule has 0 amide bonds. The molecule has 0 bridgehead atoms. The van der Waals surface area contributed by atoms with Crippen LogP contribution in [0.25, 0.3) is 5.57 Å². The fourth-order valence-electron chi connectivity index (χ4n) is 1.09. The molecule has 0 aliphatic rings. The minimum atomic E-state index is 0.650. The zero-order valence-corrected chi connectivity index (χ0v) is 8.11. The molecule has 0 fully saturated rings. The second-order valence-electron chi connectivity index (χ2n) is 3.07. The highest BCUT2D eigenvalue weighted by Gasteiger charge is 1.96. The third-order valence-electron chi connectivity index (χ3n) is 1.49. The molecule has 1 rings (SSSR count). The van der Waals surface area contributed by atoms with Crippen molar-refractivity contribution in [3.63, 3.8) is 0 Å². The second-order valence-corrected chi connectivity index (χ2v) is 4.02. The third kappa shape index (κ3) is 2.51. The molecule has 0 nitrogen and oxygen atoms in total. The first-order valence-electron chi connectivity index (χ1n) is 3.92. The zero-order chi connectivity index (χ0) is 8.27. The van der Waals surface area contributed by atoms with E-state index in [2.05, 4.69) is 44.4 Å². The van der Waals surface area contributed by atoms with Crippen LogP contribution >= 0.6 is 11.3 Å². The molecule has 0 radical (unpaired) electrons. The average Bonchev–Trinajstić information content (AvgIpc) is 2.35. The van der Waals surface area contributed by atoms with Crippen molar-refractivity contribution < 1.29 is 0 Å². The van der Waals surface area contributed by atoms with Gasteiger partial charge in [-0.05, 0) is 29.9 Å². The highest BCUT2D eigenvalue weighted by atomic mass is 32.1. The number of hydrogen-bond donors (Lipinski definition) is 0. The Morgan fingerprint density at radius 1 is 1.55 bits per heavy atom. The lowest BCUT2D eigenvalue weighted by Crippen LogP contribution is -1.80. The van der Waals surface area contributed by atoms with E-state index in [1.54, 1.807) is 11.3 Å². The van der Waals surface area contributed by atoms with Crippen molar-refractivity contribution in [1.29, 1.82) is 0 Å². The zero-order valence-electron chi connectivity index (χ0n) is 7.29. The summed E-state index contributed by atoms with van der Waals surface area (Å²) in [6.45, 7) is 6.58. The molecular weight excluding hydrogens is 152 g/mol. The van der Waals surface area contributed by atoms with Gasteiger partial charge in [0, 0.05) is 4.88 Å². The smallest absolute Gasteiger partial charge is 0.0296 e. The van der Waals surface area contributed by atoms with Gasteiger partial charge in [-0.15, -0.1) is 11.3 Å². The maximum absolute atomic E-state index is 2.30. The van der Waals surface area contributed by atoms with E-state index in [0.29, 0.717) is 5.92 Å². The van der Waals surface area contributed by atoms with E-state index >= 15 is 0 Å². The van der Waals surface area contributed by atoms with E-state index < -0.39 is 0 Å². The minimum Gasteiger partial charge on any atom is -0.144 e. The Labute approximate surface area is 72.6 Å². The summed E-state index contributed by atoms with van der Waals surface area (Å²) in [7, 11) is 0. The first kappa shape index (κ1) is 8.54. The van der Waals surface area contributed by atoms with Gasteiger partial charge in [-0.2, -0.15) is 0 Å². The lowest BCUT2D eigenvalue weighted by Gasteiger charge is -1.99. The average molecular weight is 166 g/mol. The Morgan fingerprint density at radius 3 is 2.73 bits per heavy atom. The summed E-state index contributed by atoms with van der Waals surface area (Å²) >= 11 is 1.80. The summed E-state index contributed by atoms with van der Waals surface area (Å²) < 4.78 is 0. The Kier molecular flexibility index (Phi) is 2.89. The Morgan fingerprint density at radius 2 is 2.27 bits per heavy atom. The van der Waals surface area contributed by atoms with Gasteiger partial charge in [0.05, 0.1) is 0 Å². The van der Waals surface area contributed by atoms with E-state index in [1.165, 1.54) is 10.5 Å². The summed E-state index contributed by atoms with van der Waals surface area (Å²) in [5, 5.41) is 2.12. The van der Waals surface area contributed by atoms with Crippen LogP contribution in [0, 0.1) is 5.92 Å². The molecule has 0 aliphatic carbocycles. The summed E-state index contributed by atoms with van der Waals surface area (Å²) in [5.41, 5.74) is 1.40. The monoisotopic (exact) mass is 166 g/mol. The molecule has 0 aliphatic heterocycles. The van der Waals surface area contributed by atoms with Crippen LogP contribution in [0.5, 0.6) is 0 Å². The molecular formula is C10H14S. The number of allylic oxidation sites excluding steroid dienone is 2. The van der Waals surface area contributed by atoms with Gasteiger partial charge in [0.1, 0.15) is 0 Å². The summed E-state index contributed by atoms with van der Waals surface area (Å²) in [5.74, 6) is 0.650. The third-order valence-corrected chi connectivity index (χ3v) is 2.50. The van der Waals surface area contributed by atoms with Crippen LogP contribution in [-0.4, -0.2) is 0 Å². The topological polar surface area (TPSA) is 0 Å². The molecule has 0 saturated carbocycles. The van der Waals surface area contributed by atoms with E-state index in [1.807, 2.05) is 0 Å². The van der Waals surface area contributed by atoms with Gasteiger partial charge in [0.15, 0.2) is 0 Å². The van der Waals surface area contributed by atoms with Crippen LogP contribution in [0.3, 0.4) is 0 Å². The predicted octanol–water partition coefficient (Wildman–Crippen LogP) is 3.81. The van der Waals surface area contributed by atoms with Crippen molar-refractivity contribution >= 4 is 16.9 Å². The predicted molar refractivity (Wildman–Crippen MR) is 52.8 cm³/mol. The van der Waals surface area contributed by atoms with Gasteiger partial charge >= 0.3 is 0 Å². The number of thiophene rings is 1. The van der Waals surface area contributed by atoms with E-state index in [-0.39, 0.29) is 0 Å². The van der Waals surface area contributed by atoms with Crippen molar-refractivity contribution in [2.75, 3.05) is 0 Å². The fourth-order valence-corrected chi connectivity index (χ4v) is 1.80. The molecule has 0 spiro atoms. The maximum Gasteiger partial charge on any atom is 0.0296 e. The van der Waals surface area contributed by atoms with Crippen LogP contribution in [0.4, 0.5) is 0 Å². The molecule has 60 valence electrons. The van der Waals surface area contributed by atoms with Crippen LogP contribution in [0.2, 0.25) is 0 Å². The Bertz CT molecular complexity index is 229. The Hall–Kier alpha value is -0.560. The molecule has 0 unspecified atom stereocenters. The van der Waals surface area contributed by atoms with E-state index in [9.17, 15) is 0 Å². The van der Waals surface area contributed by atoms with Gasteiger partial charge in [-0.1, -0.05) is 26.0 Å². The standard InChI is InChI=1S/C10H14S/c1-8(2)7-9(3)10-5-4-6-11-10/h4-8H,1-3H3/b9-7+. The van der Waals surface area contributed by atoms with Gasteiger partial charge in [-0.25, -0.2) is 0 Å². The molecule has 11 heavy (non-hydrogen) atoms.